The molecule has 1 saturated heterocycles. The van der Waals surface area contributed by atoms with Gasteiger partial charge in [-0.1, -0.05) is 72.3 Å². The first-order chi connectivity index (χ1) is 15.9. The molecule has 0 bridgehead atoms. The minimum Gasteiger partial charge on any atom is -0.351 e. The predicted molar refractivity (Wildman–Crippen MR) is 126 cm³/mol. The third-order valence-corrected chi connectivity index (χ3v) is 8.73. The van der Waals surface area contributed by atoms with Crippen LogP contribution < -0.4 is 0 Å². The van der Waals surface area contributed by atoms with E-state index in [0.29, 0.717) is 12.8 Å². The zero-order valence-corrected chi connectivity index (χ0v) is 19.5. The minimum atomic E-state index is -3.91. The van der Waals surface area contributed by atoms with Crippen LogP contribution in [0.25, 0.3) is 0 Å². The summed E-state index contributed by atoms with van der Waals surface area (Å²) in [5.41, 5.74) is 3.82. The van der Waals surface area contributed by atoms with Gasteiger partial charge in [-0.05, 0) is 49.1 Å². The van der Waals surface area contributed by atoms with E-state index in [4.69, 9.17) is 4.74 Å². The van der Waals surface area contributed by atoms with Crippen molar-refractivity contribution in [2.75, 3.05) is 0 Å². The number of benzene rings is 3. The summed E-state index contributed by atoms with van der Waals surface area (Å²) in [7, 11) is -3.91. The molecule has 6 heteroatoms. The number of Topliss-reactive ketones (excluding diaryl/α,β-unsaturated/α-hetero) is 1. The number of carbonyl (C=O) groups excluding carboxylic acids is 1. The van der Waals surface area contributed by atoms with Crippen molar-refractivity contribution in [1.29, 1.82) is 0 Å². The predicted octanol–water partition coefficient (Wildman–Crippen LogP) is 4.77. The van der Waals surface area contributed by atoms with Gasteiger partial charge in [0, 0.05) is 6.42 Å². The number of sulfonamides is 1. The lowest BCUT2D eigenvalue weighted by atomic mass is 9.81. The van der Waals surface area contributed by atoms with Crippen molar-refractivity contribution in [2.24, 2.45) is 0 Å². The minimum absolute atomic E-state index is 0.0173. The van der Waals surface area contributed by atoms with Gasteiger partial charge >= 0.3 is 0 Å². The highest BCUT2D eigenvalue weighted by atomic mass is 32.2. The third kappa shape index (κ3) is 3.82. The number of hydrogen-bond acceptors (Lipinski definition) is 4. The molecule has 5 nitrogen and oxygen atoms in total. The maximum atomic E-state index is 13.9. The summed E-state index contributed by atoms with van der Waals surface area (Å²) < 4.78 is 35.8. The lowest BCUT2D eigenvalue weighted by molar-refractivity contribution is -0.126. The lowest BCUT2D eigenvalue weighted by Gasteiger charge is -2.33. The Labute approximate surface area is 195 Å². The van der Waals surface area contributed by atoms with Gasteiger partial charge in [0.05, 0.1) is 16.9 Å². The first-order valence-corrected chi connectivity index (χ1v) is 12.7. The Kier molecular flexibility index (Phi) is 5.69. The molecular weight excluding hydrogens is 434 g/mol. The van der Waals surface area contributed by atoms with E-state index in [0.717, 1.165) is 22.3 Å². The topological polar surface area (TPSA) is 63.7 Å². The monoisotopic (exact) mass is 461 g/mol. The molecule has 33 heavy (non-hydrogen) atoms. The summed E-state index contributed by atoms with van der Waals surface area (Å²) in [6, 6.07) is 23.8. The highest BCUT2D eigenvalue weighted by Gasteiger charge is 2.52. The molecule has 0 N–H and O–H groups in total. The van der Waals surface area contributed by atoms with Crippen molar-refractivity contribution in [3.8, 4) is 0 Å². The molecule has 1 heterocycles. The van der Waals surface area contributed by atoms with Gasteiger partial charge in [-0.15, -0.1) is 0 Å². The average molecular weight is 462 g/mol. The van der Waals surface area contributed by atoms with Crippen LogP contribution in [0.2, 0.25) is 0 Å². The summed E-state index contributed by atoms with van der Waals surface area (Å²) in [5, 5.41) is 0. The van der Waals surface area contributed by atoms with E-state index < -0.39 is 34.3 Å². The second-order valence-corrected chi connectivity index (χ2v) is 10.7. The molecular formula is C27H27NO4S. The van der Waals surface area contributed by atoms with Gasteiger partial charge in [0.25, 0.3) is 0 Å². The van der Waals surface area contributed by atoms with E-state index in [9.17, 15) is 13.2 Å². The van der Waals surface area contributed by atoms with E-state index >= 15 is 0 Å². The van der Waals surface area contributed by atoms with E-state index in [-0.39, 0.29) is 10.7 Å². The standard InChI is InChI=1S/C27H27NO4S/c1-18-12-15-22(16-13-18)33(30,31)28-19(2)26(21-9-4-3-5-10-21)32-27(28)25-23-11-7-6-8-20(23)14-17-24(25)29/h3-13,15-16,19,25-27H,14,17H2,1-2H3/t19-,25-,26+,27-/m1/s1. The maximum absolute atomic E-state index is 13.9. The van der Waals surface area contributed by atoms with Gasteiger partial charge in [-0.2, -0.15) is 4.31 Å². The highest BCUT2D eigenvalue weighted by molar-refractivity contribution is 7.89. The first-order valence-electron chi connectivity index (χ1n) is 11.3. The van der Waals surface area contributed by atoms with E-state index in [2.05, 4.69) is 0 Å². The first kappa shape index (κ1) is 22.0. The summed E-state index contributed by atoms with van der Waals surface area (Å²) in [6.45, 7) is 3.78. The number of carbonyl (C=O) groups is 1. The maximum Gasteiger partial charge on any atom is 0.245 e. The Bertz CT molecular complexity index is 1270. The van der Waals surface area contributed by atoms with Crippen LogP contribution >= 0.6 is 0 Å². The SMILES string of the molecule is Cc1ccc(S(=O)(=O)N2[C@H](C)[C@@H](c3ccccc3)O[C@@H]2[C@H]2C(=O)CCc3ccccc32)cc1. The van der Waals surface area contributed by atoms with Gasteiger partial charge < -0.3 is 4.74 Å². The molecule has 3 aromatic rings. The van der Waals surface area contributed by atoms with Crippen molar-refractivity contribution in [3.63, 3.8) is 0 Å². The number of ether oxygens (including phenoxy) is 1. The van der Waals surface area contributed by atoms with Gasteiger partial charge in [0.1, 0.15) is 18.1 Å². The highest BCUT2D eigenvalue weighted by Crippen LogP contribution is 2.45. The number of nitrogens with zero attached hydrogens (tertiary/aromatic N) is 1. The van der Waals surface area contributed by atoms with Crippen LogP contribution in [0.15, 0.2) is 83.8 Å². The van der Waals surface area contributed by atoms with Gasteiger partial charge in [-0.25, -0.2) is 8.42 Å². The molecule has 0 radical (unpaired) electrons. The molecule has 1 aliphatic heterocycles. The molecule has 1 fully saturated rings. The summed E-state index contributed by atoms with van der Waals surface area (Å²) in [4.78, 5) is 13.5. The molecule has 170 valence electrons. The van der Waals surface area contributed by atoms with Crippen molar-refractivity contribution in [3.05, 3.63) is 101 Å². The Morgan fingerprint density at radius 2 is 1.55 bits per heavy atom. The second kappa shape index (κ2) is 8.52. The van der Waals surface area contributed by atoms with Crippen LogP contribution in [0.4, 0.5) is 0 Å². The molecule has 5 rings (SSSR count). The molecule has 0 spiro atoms. The number of hydrogen-bond donors (Lipinski definition) is 0. The fourth-order valence-electron chi connectivity index (χ4n) is 5.07. The quantitative estimate of drug-likeness (QED) is 0.561. The summed E-state index contributed by atoms with van der Waals surface area (Å²) in [6.07, 6.45) is -0.339. The van der Waals surface area contributed by atoms with Crippen LogP contribution in [0.1, 0.15) is 47.6 Å². The zero-order chi connectivity index (χ0) is 23.2. The number of rotatable bonds is 4. The smallest absolute Gasteiger partial charge is 0.245 e. The normalized spacial score (nSPS) is 25.7. The molecule has 0 unspecified atom stereocenters. The fraction of sp³-hybridized carbons (Fsp3) is 0.296. The Morgan fingerprint density at radius 3 is 2.27 bits per heavy atom. The van der Waals surface area contributed by atoms with Crippen LogP contribution in [-0.2, 0) is 26.0 Å². The van der Waals surface area contributed by atoms with E-state index in [1.807, 2.05) is 68.4 Å². The zero-order valence-electron chi connectivity index (χ0n) is 18.7. The average Bonchev–Trinajstić information content (AvgIpc) is 3.17. The van der Waals surface area contributed by atoms with E-state index in [1.165, 1.54) is 4.31 Å². The molecule has 3 aromatic carbocycles. The Balaban J connectivity index is 1.64. The van der Waals surface area contributed by atoms with Crippen molar-refractivity contribution in [1.82, 2.24) is 4.31 Å². The third-order valence-electron chi connectivity index (χ3n) is 6.76. The largest absolute Gasteiger partial charge is 0.351 e. The lowest BCUT2D eigenvalue weighted by Crippen LogP contribution is -2.46. The number of fused-ring (bicyclic) bond motifs is 1. The van der Waals surface area contributed by atoms with Gasteiger partial charge in [0.2, 0.25) is 10.0 Å². The van der Waals surface area contributed by atoms with Crippen molar-refractivity contribution >= 4 is 15.8 Å². The summed E-state index contributed by atoms with van der Waals surface area (Å²) >= 11 is 0. The molecule has 1 aliphatic carbocycles. The Morgan fingerprint density at radius 1 is 0.879 bits per heavy atom. The van der Waals surface area contributed by atoms with Crippen LogP contribution in [0.3, 0.4) is 0 Å². The van der Waals surface area contributed by atoms with Gasteiger partial charge in [0.15, 0.2) is 0 Å². The second-order valence-electron chi connectivity index (χ2n) is 8.89. The molecule has 2 aliphatic rings. The summed E-state index contributed by atoms with van der Waals surface area (Å²) in [5.74, 6) is -0.643. The molecule has 0 amide bonds. The van der Waals surface area contributed by atoms with Crippen molar-refractivity contribution in [2.45, 2.75) is 55.9 Å². The molecule has 4 atom stereocenters. The van der Waals surface area contributed by atoms with Crippen LogP contribution in [0, 0.1) is 6.92 Å². The van der Waals surface area contributed by atoms with Crippen LogP contribution in [-0.4, -0.2) is 30.8 Å². The number of aryl methyl sites for hydroxylation is 2. The Hall–Kier alpha value is -2.80. The van der Waals surface area contributed by atoms with Crippen LogP contribution in [0.5, 0.6) is 0 Å². The van der Waals surface area contributed by atoms with Crippen molar-refractivity contribution < 1.29 is 17.9 Å². The van der Waals surface area contributed by atoms with Gasteiger partial charge in [-0.3, -0.25) is 4.79 Å². The fourth-order valence-corrected chi connectivity index (χ4v) is 6.78. The van der Waals surface area contributed by atoms with E-state index in [1.54, 1.807) is 24.3 Å². The molecule has 0 aromatic heterocycles. The number of ketones is 1. The molecule has 0 saturated carbocycles.